The van der Waals surface area contributed by atoms with Crippen LogP contribution >= 0.6 is 0 Å². The van der Waals surface area contributed by atoms with Gasteiger partial charge in [-0.2, -0.15) is 5.10 Å². The summed E-state index contributed by atoms with van der Waals surface area (Å²) in [6.45, 7) is 1.12. The van der Waals surface area contributed by atoms with Crippen molar-refractivity contribution >= 4 is 16.7 Å². The van der Waals surface area contributed by atoms with Gasteiger partial charge in [-0.1, -0.05) is 0 Å². The third-order valence-corrected chi connectivity index (χ3v) is 3.87. The minimum Gasteiger partial charge on any atom is -0.486 e. The molecule has 23 heavy (non-hydrogen) atoms. The molecule has 0 atom stereocenters. The predicted octanol–water partition coefficient (Wildman–Crippen LogP) is 1.45. The van der Waals surface area contributed by atoms with E-state index in [1.54, 1.807) is 21.7 Å². The van der Waals surface area contributed by atoms with Gasteiger partial charge in [0.1, 0.15) is 19.5 Å². The molecule has 1 aliphatic heterocycles. The molecule has 0 radical (unpaired) electrons. The lowest BCUT2D eigenvalue weighted by atomic mass is 10.2. The minimum atomic E-state index is 0.551. The minimum absolute atomic E-state index is 0.551. The summed E-state index contributed by atoms with van der Waals surface area (Å²) in [4.78, 5) is 9.00. The summed E-state index contributed by atoms with van der Waals surface area (Å²) < 4.78 is 14.5. The zero-order chi connectivity index (χ0) is 15.4. The van der Waals surface area contributed by atoms with Gasteiger partial charge in [-0.25, -0.2) is 14.5 Å². The van der Waals surface area contributed by atoms with Crippen LogP contribution < -0.4 is 9.47 Å². The molecule has 114 valence electrons. The van der Waals surface area contributed by atoms with Gasteiger partial charge in [-0.15, -0.1) is 5.10 Å². The maximum Gasteiger partial charge on any atom is 0.182 e. The second kappa shape index (κ2) is 4.42. The van der Waals surface area contributed by atoms with Crippen LogP contribution in [0.15, 0.2) is 30.7 Å². The molecule has 0 N–H and O–H groups in total. The second-order valence-electron chi connectivity index (χ2n) is 5.31. The average molecular weight is 308 g/mol. The van der Waals surface area contributed by atoms with Gasteiger partial charge in [0.05, 0.1) is 11.6 Å². The van der Waals surface area contributed by atoms with Crippen molar-refractivity contribution in [1.82, 2.24) is 29.4 Å². The first kappa shape index (κ1) is 12.4. The number of rotatable bonds is 1. The molecule has 0 amide bonds. The molecule has 0 spiro atoms. The van der Waals surface area contributed by atoms with Gasteiger partial charge in [0, 0.05) is 12.6 Å². The first-order chi connectivity index (χ1) is 11.3. The van der Waals surface area contributed by atoms with Crippen molar-refractivity contribution < 1.29 is 9.47 Å². The smallest absolute Gasteiger partial charge is 0.182 e. The van der Waals surface area contributed by atoms with Crippen molar-refractivity contribution in [2.45, 2.75) is 0 Å². The summed E-state index contributed by atoms with van der Waals surface area (Å²) in [5.74, 6) is 2.08. The van der Waals surface area contributed by atoms with E-state index in [1.807, 2.05) is 25.2 Å². The maximum atomic E-state index is 5.62. The van der Waals surface area contributed by atoms with Gasteiger partial charge < -0.3 is 9.47 Å². The van der Waals surface area contributed by atoms with E-state index in [4.69, 9.17) is 9.47 Å². The van der Waals surface area contributed by atoms with Crippen LogP contribution in [0.25, 0.3) is 28.1 Å². The Bertz CT molecular complexity index is 1050. The fourth-order valence-corrected chi connectivity index (χ4v) is 2.74. The highest BCUT2D eigenvalue weighted by Gasteiger charge is 2.16. The van der Waals surface area contributed by atoms with Crippen LogP contribution in [0.1, 0.15) is 0 Å². The van der Waals surface area contributed by atoms with E-state index in [0.717, 1.165) is 33.7 Å². The van der Waals surface area contributed by atoms with Crippen LogP contribution in [0.5, 0.6) is 11.5 Å². The van der Waals surface area contributed by atoms with E-state index < -0.39 is 0 Å². The van der Waals surface area contributed by atoms with Crippen LogP contribution in [0.3, 0.4) is 0 Å². The summed E-state index contributed by atoms with van der Waals surface area (Å²) in [6, 6.07) is 5.71. The maximum absolute atomic E-state index is 5.62. The van der Waals surface area contributed by atoms with Crippen molar-refractivity contribution in [3.8, 4) is 22.9 Å². The molecule has 3 aromatic heterocycles. The summed E-state index contributed by atoms with van der Waals surface area (Å²) >= 11 is 0. The molecule has 4 heterocycles. The number of nitrogens with zero attached hydrogens (tertiary/aromatic N) is 6. The van der Waals surface area contributed by atoms with Crippen molar-refractivity contribution in [2.24, 2.45) is 7.05 Å². The fourth-order valence-electron chi connectivity index (χ4n) is 2.74. The van der Waals surface area contributed by atoms with E-state index in [1.165, 1.54) is 0 Å². The highest BCUT2D eigenvalue weighted by atomic mass is 16.6. The molecule has 0 saturated carbocycles. The average Bonchev–Trinajstić information content (AvgIpc) is 3.18. The molecule has 0 saturated heterocycles. The molecule has 8 heteroatoms. The molecule has 0 unspecified atom stereocenters. The van der Waals surface area contributed by atoms with Crippen LogP contribution in [-0.4, -0.2) is 42.6 Å². The van der Waals surface area contributed by atoms with Crippen LogP contribution in [0, 0.1) is 0 Å². The van der Waals surface area contributed by atoms with Crippen LogP contribution in [0.4, 0.5) is 0 Å². The Labute approximate surface area is 130 Å². The number of hydrogen-bond acceptors (Lipinski definition) is 6. The van der Waals surface area contributed by atoms with E-state index >= 15 is 0 Å². The van der Waals surface area contributed by atoms with Crippen molar-refractivity contribution in [1.29, 1.82) is 0 Å². The number of benzene rings is 1. The first-order valence-corrected chi connectivity index (χ1v) is 7.23. The van der Waals surface area contributed by atoms with E-state index in [2.05, 4.69) is 20.2 Å². The van der Waals surface area contributed by atoms with Gasteiger partial charge in [-0.3, -0.25) is 4.68 Å². The summed E-state index contributed by atoms with van der Waals surface area (Å²) in [5.41, 5.74) is 2.38. The van der Waals surface area contributed by atoms with Gasteiger partial charge in [0.2, 0.25) is 0 Å². The van der Waals surface area contributed by atoms with E-state index in [0.29, 0.717) is 19.0 Å². The fraction of sp³-hybridized carbons (Fsp3) is 0.200. The van der Waals surface area contributed by atoms with Gasteiger partial charge >= 0.3 is 0 Å². The Morgan fingerprint density at radius 3 is 2.87 bits per heavy atom. The first-order valence-electron chi connectivity index (χ1n) is 7.23. The molecule has 1 aliphatic rings. The molecule has 1 aromatic carbocycles. The standard InChI is InChI=1S/C15H12N6O2/c1-20-14-10(7-17-20)15-18-13(19-21(15)8-16-14)9-2-3-11-12(6-9)23-5-4-22-11/h2-3,6-8H,4-5H2,1H3. The lowest BCUT2D eigenvalue weighted by Crippen LogP contribution is -2.15. The monoisotopic (exact) mass is 308 g/mol. The van der Waals surface area contributed by atoms with Crippen molar-refractivity contribution in [3.05, 3.63) is 30.7 Å². The Morgan fingerprint density at radius 2 is 1.96 bits per heavy atom. The van der Waals surface area contributed by atoms with E-state index in [-0.39, 0.29) is 0 Å². The van der Waals surface area contributed by atoms with Crippen LogP contribution in [-0.2, 0) is 7.05 Å². The van der Waals surface area contributed by atoms with E-state index in [9.17, 15) is 0 Å². The molecule has 4 aromatic rings. The number of aryl methyl sites for hydroxylation is 1. The molecular formula is C15H12N6O2. The molecule has 5 rings (SSSR count). The third-order valence-electron chi connectivity index (χ3n) is 3.87. The van der Waals surface area contributed by atoms with Crippen molar-refractivity contribution in [2.75, 3.05) is 13.2 Å². The lowest BCUT2D eigenvalue weighted by molar-refractivity contribution is 0.171. The third kappa shape index (κ3) is 1.78. The lowest BCUT2D eigenvalue weighted by Gasteiger charge is -2.18. The zero-order valence-electron chi connectivity index (χ0n) is 12.3. The Kier molecular flexibility index (Phi) is 2.38. The number of aromatic nitrogens is 6. The van der Waals surface area contributed by atoms with Gasteiger partial charge in [-0.05, 0) is 18.2 Å². The molecule has 0 fully saturated rings. The Morgan fingerprint density at radius 1 is 1.09 bits per heavy atom. The largest absolute Gasteiger partial charge is 0.486 e. The Hall–Kier alpha value is -3.16. The SMILES string of the molecule is Cn1ncc2c1ncn1nc(-c3ccc4c(c3)OCCO4)nc21. The molecular weight excluding hydrogens is 296 g/mol. The van der Waals surface area contributed by atoms with Crippen molar-refractivity contribution in [3.63, 3.8) is 0 Å². The number of hydrogen-bond donors (Lipinski definition) is 0. The van der Waals surface area contributed by atoms with Crippen LogP contribution in [0.2, 0.25) is 0 Å². The Balaban J connectivity index is 1.69. The normalized spacial score (nSPS) is 13.8. The summed E-state index contributed by atoms with van der Waals surface area (Å²) in [6.07, 6.45) is 3.40. The molecule has 0 bridgehead atoms. The molecule has 8 nitrogen and oxygen atoms in total. The highest BCUT2D eigenvalue weighted by molar-refractivity contribution is 5.89. The van der Waals surface area contributed by atoms with Gasteiger partial charge in [0.15, 0.2) is 28.6 Å². The highest BCUT2D eigenvalue weighted by Crippen LogP contribution is 2.33. The number of ether oxygens (including phenoxy) is 2. The predicted molar refractivity (Wildman–Crippen MR) is 81.5 cm³/mol. The summed E-state index contributed by atoms with van der Waals surface area (Å²) in [5, 5.41) is 9.59. The topological polar surface area (TPSA) is 79.4 Å². The second-order valence-corrected chi connectivity index (χ2v) is 5.31. The zero-order valence-corrected chi connectivity index (χ0v) is 12.3. The quantitative estimate of drug-likeness (QED) is 0.529. The molecule has 0 aliphatic carbocycles. The van der Waals surface area contributed by atoms with Gasteiger partial charge in [0.25, 0.3) is 0 Å². The summed E-state index contributed by atoms with van der Waals surface area (Å²) in [7, 11) is 1.85. The number of fused-ring (bicyclic) bond motifs is 4.